The number of aliphatic hydroxyl groups excluding tert-OH is 1. The predicted octanol–water partition coefficient (Wildman–Crippen LogP) is 5.66. The van der Waals surface area contributed by atoms with Crippen LogP contribution in [0.1, 0.15) is 59.3 Å². The fraction of sp³-hybridized carbons (Fsp3) is 0.867. The highest BCUT2D eigenvalue weighted by Crippen LogP contribution is 2.46. The number of allylic oxidation sites excluding steroid dienone is 2. The fourth-order valence-corrected chi connectivity index (χ4v) is 5.20. The monoisotopic (exact) mass is 254 g/mol. The largest absolute Gasteiger partial charge is 0.513 e. The van der Waals surface area contributed by atoms with Crippen molar-refractivity contribution in [3.8, 4) is 0 Å². The lowest BCUT2D eigenvalue weighted by Crippen LogP contribution is -2.41. The summed E-state index contributed by atoms with van der Waals surface area (Å²) in [6, 6.07) is 0. The highest BCUT2D eigenvalue weighted by Gasteiger charge is 2.40. The van der Waals surface area contributed by atoms with Crippen molar-refractivity contribution in [2.24, 2.45) is 0 Å². The van der Waals surface area contributed by atoms with Gasteiger partial charge in [0.25, 0.3) is 0 Å². The summed E-state index contributed by atoms with van der Waals surface area (Å²) in [5.41, 5.74) is 0.639. The zero-order valence-electron chi connectivity index (χ0n) is 12.3. The average molecular weight is 254 g/mol. The molecule has 1 rings (SSSR count). The van der Waals surface area contributed by atoms with Crippen LogP contribution in [0, 0.1) is 0 Å². The first-order chi connectivity index (χ1) is 7.75. The van der Waals surface area contributed by atoms with E-state index in [0.29, 0.717) is 16.3 Å². The minimum Gasteiger partial charge on any atom is -0.513 e. The number of aliphatic hydroxyl groups is 1. The smallest absolute Gasteiger partial charge is 0.0882 e. The van der Waals surface area contributed by atoms with Gasteiger partial charge in [0, 0.05) is 6.42 Å². The molecule has 0 aromatic rings. The van der Waals surface area contributed by atoms with E-state index in [1.807, 2.05) is 0 Å². The molecule has 0 saturated heterocycles. The van der Waals surface area contributed by atoms with Crippen molar-refractivity contribution in [3.05, 3.63) is 11.8 Å². The molecular formula is C15H30OSi. The zero-order valence-corrected chi connectivity index (χ0v) is 13.3. The summed E-state index contributed by atoms with van der Waals surface area (Å²) in [6.45, 7) is 12.1. The third-order valence-corrected chi connectivity index (χ3v) is 11.1. The second-order valence-electron chi connectivity index (χ2n) is 7.19. The summed E-state index contributed by atoms with van der Waals surface area (Å²) in [7, 11) is -1.36. The van der Waals surface area contributed by atoms with Crippen molar-refractivity contribution in [3.63, 3.8) is 0 Å². The third-order valence-electron chi connectivity index (χ3n) is 4.95. The van der Waals surface area contributed by atoms with Crippen LogP contribution in [0.5, 0.6) is 0 Å². The molecule has 1 aliphatic carbocycles. The van der Waals surface area contributed by atoms with Crippen LogP contribution < -0.4 is 0 Å². The van der Waals surface area contributed by atoms with Gasteiger partial charge in [-0.05, 0) is 29.5 Å². The van der Waals surface area contributed by atoms with Crippen molar-refractivity contribution in [1.29, 1.82) is 0 Å². The summed E-state index contributed by atoms with van der Waals surface area (Å²) in [6.07, 6.45) is 9.50. The maximum absolute atomic E-state index is 10.0. The van der Waals surface area contributed by atoms with Crippen molar-refractivity contribution in [1.82, 2.24) is 0 Å². The molecule has 1 aliphatic rings. The van der Waals surface area contributed by atoms with Gasteiger partial charge < -0.3 is 5.11 Å². The van der Waals surface area contributed by atoms with Crippen molar-refractivity contribution in [2.45, 2.75) is 83.0 Å². The predicted molar refractivity (Wildman–Crippen MR) is 79.4 cm³/mol. The topological polar surface area (TPSA) is 20.2 Å². The molecule has 1 unspecified atom stereocenters. The summed E-state index contributed by atoms with van der Waals surface area (Å²) in [5.74, 6) is 0.654. The Hall–Kier alpha value is -0.243. The lowest BCUT2D eigenvalue weighted by Gasteiger charge is -2.42. The molecule has 100 valence electrons. The minimum atomic E-state index is -1.36. The van der Waals surface area contributed by atoms with E-state index in [-0.39, 0.29) is 0 Å². The van der Waals surface area contributed by atoms with E-state index in [0.717, 1.165) is 12.8 Å². The van der Waals surface area contributed by atoms with E-state index >= 15 is 0 Å². The van der Waals surface area contributed by atoms with Crippen LogP contribution in [0.3, 0.4) is 0 Å². The van der Waals surface area contributed by atoms with E-state index in [9.17, 15) is 5.11 Å². The van der Waals surface area contributed by atoms with Gasteiger partial charge in [0.2, 0.25) is 0 Å². The van der Waals surface area contributed by atoms with E-state index in [2.05, 4.69) is 39.9 Å². The summed E-state index contributed by atoms with van der Waals surface area (Å²) in [5, 5.41) is 10.4. The van der Waals surface area contributed by atoms with Gasteiger partial charge in [-0.15, -0.1) is 0 Å². The highest BCUT2D eigenvalue weighted by molar-refractivity contribution is 6.81. The van der Waals surface area contributed by atoms with Gasteiger partial charge in [0.15, 0.2) is 0 Å². The Morgan fingerprint density at radius 2 is 1.71 bits per heavy atom. The molecule has 0 aromatic heterocycles. The maximum Gasteiger partial charge on any atom is 0.0882 e. The van der Waals surface area contributed by atoms with Crippen LogP contribution >= 0.6 is 0 Å². The molecule has 17 heavy (non-hydrogen) atoms. The Bertz CT molecular complexity index is 273. The fourth-order valence-electron chi connectivity index (χ4n) is 2.55. The first-order valence-corrected chi connectivity index (χ1v) is 10.2. The molecule has 0 aliphatic heterocycles. The van der Waals surface area contributed by atoms with E-state index in [1.165, 1.54) is 25.7 Å². The zero-order chi connectivity index (χ0) is 13.1. The molecule has 2 heteroatoms. The van der Waals surface area contributed by atoms with E-state index < -0.39 is 8.07 Å². The van der Waals surface area contributed by atoms with Gasteiger partial charge in [-0.25, -0.2) is 0 Å². The molecule has 1 atom stereocenters. The molecule has 0 heterocycles. The average Bonchev–Trinajstić information content (AvgIpc) is 2.28. The first kappa shape index (κ1) is 14.8. The number of rotatable bonds is 1. The molecule has 0 radical (unpaired) electrons. The van der Waals surface area contributed by atoms with Crippen LogP contribution in [0.2, 0.25) is 23.7 Å². The van der Waals surface area contributed by atoms with Crippen LogP contribution in [-0.2, 0) is 0 Å². The van der Waals surface area contributed by atoms with Crippen LogP contribution in [-0.4, -0.2) is 13.2 Å². The second-order valence-corrected chi connectivity index (χ2v) is 12.9. The standard InChI is InChI=1S/C15H30OSi/c1-15(2,3)17(4,5)14-11-9-7-6-8-10-13(16)12-14/h12,14,16H,6-11H2,1-5H3. The number of hydrogen-bond donors (Lipinski definition) is 1. The van der Waals surface area contributed by atoms with Crippen LogP contribution in [0.15, 0.2) is 11.8 Å². The second kappa shape index (κ2) is 5.60. The van der Waals surface area contributed by atoms with Crippen LogP contribution in [0.25, 0.3) is 0 Å². The van der Waals surface area contributed by atoms with E-state index in [4.69, 9.17) is 0 Å². The Morgan fingerprint density at radius 3 is 2.29 bits per heavy atom. The van der Waals surface area contributed by atoms with Gasteiger partial charge in [-0.2, -0.15) is 0 Å². The lowest BCUT2D eigenvalue weighted by atomic mass is 10.1. The molecule has 0 saturated carbocycles. The highest BCUT2D eigenvalue weighted by atomic mass is 28.3. The van der Waals surface area contributed by atoms with Crippen molar-refractivity contribution >= 4 is 8.07 Å². The Morgan fingerprint density at radius 1 is 1.12 bits per heavy atom. The molecule has 1 N–H and O–H groups in total. The lowest BCUT2D eigenvalue weighted by molar-refractivity contribution is 0.380. The Balaban J connectivity index is 2.91. The third kappa shape index (κ3) is 3.87. The Kier molecular flexibility index (Phi) is 4.88. The van der Waals surface area contributed by atoms with Crippen molar-refractivity contribution in [2.75, 3.05) is 0 Å². The normalized spacial score (nSPS) is 24.5. The molecule has 0 spiro atoms. The first-order valence-electron chi connectivity index (χ1n) is 7.15. The number of hydrogen-bond acceptors (Lipinski definition) is 1. The molecule has 0 amide bonds. The molecular weight excluding hydrogens is 224 g/mol. The van der Waals surface area contributed by atoms with Gasteiger partial charge in [-0.3, -0.25) is 0 Å². The maximum atomic E-state index is 10.0. The molecule has 0 fully saturated rings. The summed E-state index contributed by atoms with van der Waals surface area (Å²) < 4.78 is 0. The van der Waals surface area contributed by atoms with Gasteiger partial charge in [-0.1, -0.05) is 53.1 Å². The van der Waals surface area contributed by atoms with Crippen molar-refractivity contribution < 1.29 is 5.11 Å². The van der Waals surface area contributed by atoms with E-state index in [1.54, 1.807) is 0 Å². The van der Waals surface area contributed by atoms with Gasteiger partial charge in [0.05, 0.1) is 13.8 Å². The quantitative estimate of drug-likeness (QED) is 0.598. The summed E-state index contributed by atoms with van der Waals surface area (Å²) in [4.78, 5) is 0. The van der Waals surface area contributed by atoms with Crippen LogP contribution in [0.4, 0.5) is 0 Å². The van der Waals surface area contributed by atoms with Gasteiger partial charge in [0.1, 0.15) is 0 Å². The van der Waals surface area contributed by atoms with Gasteiger partial charge >= 0.3 is 0 Å². The molecule has 0 bridgehead atoms. The summed E-state index contributed by atoms with van der Waals surface area (Å²) >= 11 is 0. The Labute approximate surface area is 108 Å². The SMILES string of the molecule is CC(C)(C)[Si](C)(C)C1C=C(O)CCCCCC1. The molecule has 1 nitrogen and oxygen atoms in total. The minimum absolute atomic E-state index is 0.405. The molecule has 0 aromatic carbocycles.